The van der Waals surface area contributed by atoms with Gasteiger partial charge in [0.15, 0.2) is 5.78 Å². The van der Waals surface area contributed by atoms with E-state index in [9.17, 15) is 9.59 Å². The van der Waals surface area contributed by atoms with Crippen molar-refractivity contribution in [2.45, 2.75) is 5.92 Å². The molecule has 2 aromatic carbocycles. The summed E-state index contributed by atoms with van der Waals surface area (Å²) in [4.78, 5) is 28.1. The van der Waals surface area contributed by atoms with Gasteiger partial charge >= 0.3 is 5.97 Å². The molecule has 0 saturated carbocycles. The maximum Gasteiger partial charge on any atom is 0.321 e. The Labute approximate surface area is 127 Å². The molecule has 110 valence electrons. The summed E-state index contributed by atoms with van der Waals surface area (Å²) in [5.74, 6) is -1.79. The third kappa shape index (κ3) is 2.39. The second kappa shape index (κ2) is 5.85. The van der Waals surface area contributed by atoms with Crippen LogP contribution in [0.2, 0.25) is 0 Å². The van der Waals surface area contributed by atoms with Crippen LogP contribution in [0.3, 0.4) is 0 Å². The van der Waals surface area contributed by atoms with E-state index in [1.165, 1.54) is 7.11 Å². The summed E-state index contributed by atoms with van der Waals surface area (Å²) < 4.78 is 4.85. The average molecular weight is 293 g/mol. The van der Waals surface area contributed by atoms with Gasteiger partial charge in [-0.15, -0.1) is 0 Å². The molecule has 0 saturated heterocycles. The Morgan fingerprint density at radius 2 is 1.68 bits per heavy atom. The molecule has 4 nitrogen and oxygen atoms in total. The highest BCUT2D eigenvalue weighted by atomic mass is 16.5. The van der Waals surface area contributed by atoms with Crippen LogP contribution in [0, 0.1) is 0 Å². The van der Waals surface area contributed by atoms with Crippen molar-refractivity contribution in [2.24, 2.45) is 0 Å². The zero-order valence-corrected chi connectivity index (χ0v) is 12.1. The molecule has 0 amide bonds. The molecule has 0 fully saturated rings. The number of ether oxygens (including phenoxy) is 1. The van der Waals surface area contributed by atoms with Crippen LogP contribution < -0.4 is 0 Å². The fourth-order valence-corrected chi connectivity index (χ4v) is 2.59. The van der Waals surface area contributed by atoms with E-state index >= 15 is 0 Å². The maximum absolute atomic E-state index is 12.8. The van der Waals surface area contributed by atoms with Crippen molar-refractivity contribution in [3.63, 3.8) is 0 Å². The lowest BCUT2D eigenvalue weighted by molar-refractivity contribution is -0.141. The van der Waals surface area contributed by atoms with Crippen molar-refractivity contribution in [1.82, 2.24) is 4.98 Å². The largest absolute Gasteiger partial charge is 0.468 e. The van der Waals surface area contributed by atoms with E-state index in [4.69, 9.17) is 4.74 Å². The van der Waals surface area contributed by atoms with Crippen molar-refractivity contribution in [2.75, 3.05) is 7.11 Å². The Kier molecular flexibility index (Phi) is 3.74. The van der Waals surface area contributed by atoms with E-state index in [0.717, 1.165) is 10.9 Å². The van der Waals surface area contributed by atoms with Crippen LogP contribution in [0.4, 0.5) is 0 Å². The number of aromatic nitrogens is 1. The highest BCUT2D eigenvalue weighted by Crippen LogP contribution is 2.29. The second-order valence-electron chi connectivity index (χ2n) is 4.98. The summed E-state index contributed by atoms with van der Waals surface area (Å²) >= 11 is 0. The smallest absolute Gasteiger partial charge is 0.321 e. The molecule has 1 N–H and O–H groups in total. The van der Waals surface area contributed by atoms with Gasteiger partial charge in [0.2, 0.25) is 0 Å². The molecular formula is C18H15NO3. The molecule has 1 aromatic heterocycles. The number of ketones is 1. The third-order valence-corrected chi connectivity index (χ3v) is 3.69. The lowest BCUT2D eigenvalue weighted by Crippen LogP contribution is -2.23. The minimum Gasteiger partial charge on any atom is -0.468 e. The van der Waals surface area contributed by atoms with E-state index < -0.39 is 11.9 Å². The zero-order valence-electron chi connectivity index (χ0n) is 12.1. The lowest BCUT2D eigenvalue weighted by Gasteiger charge is -2.13. The first-order valence-electron chi connectivity index (χ1n) is 6.95. The van der Waals surface area contributed by atoms with E-state index in [-0.39, 0.29) is 5.78 Å². The molecule has 4 heteroatoms. The molecule has 0 bridgehead atoms. The molecule has 0 spiro atoms. The number of carbonyl (C=O) groups excluding carboxylic acids is 2. The molecule has 1 unspecified atom stereocenters. The van der Waals surface area contributed by atoms with Gasteiger partial charge in [-0.05, 0) is 11.6 Å². The Morgan fingerprint density at radius 3 is 2.41 bits per heavy atom. The predicted molar refractivity (Wildman–Crippen MR) is 83.8 cm³/mol. The topological polar surface area (TPSA) is 59.2 Å². The Bertz CT molecular complexity index is 820. The third-order valence-electron chi connectivity index (χ3n) is 3.69. The first kappa shape index (κ1) is 14.1. The summed E-state index contributed by atoms with van der Waals surface area (Å²) in [5.41, 5.74) is 2.01. The molecule has 22 heavy (non-hydrogen) atoms. The van der Waals surface area contributed by atoms with Crippen LogP contribution in [0.15, 0.2) is 60.8 Å². The van der Waals surface area contributed by atoms with Crippen molar-refractivity contribution in [1.29, 1.82) is 0 Å². The Hall–Kier alpha value is -2.88. The fourth-order valence-electron chi connectivity index (χ4n) is 2.59. The SMILES string of the molecule is COC(=O)C(C(=O)c1ccccc1)c1c[nH]c2ccccc12. The van der Waals surface area contributed by atoms with Gasteiger partial charge in [-0.3, -0.25) is 9.59 Å². The van der Waals surface area contributed by atoms with Gasteiger partial charge in [-0.1, -0.05) is 48.5 Å². The number of Topliss-reactive ketones (excluding diaryl/α,β-unsaturated/α-hetero) is 1. The minimum atomic E-state index is -0.969. The monoisotopic (exact) mass is 293 g/mol. The first-order chi connectivity index (χ1) is 10.7. The van der Waals surface area contributed by atoms with Crippen LogP contribution in [-0.2, 0) is 9.53 Å². The number of methoxy groups -OCH3 is 1. The molecule has 1 heterocycles. The number of esters is 1. The highest BCUT2D eigenvalue weighted by Gasteiger charge is 2.32. The summed E-state index contributed by atoms with van der Waals surface area (Å²) in [6.45, 7) is 0. The van der Waals surface area contributed by atoms with Gasteiger partial charge in [0.05, 0.1) is 7.11 Å². The standard InChI is InChI=1S/C18H15NO3/c1-22-18(21)16(17(20)12-7-3-2-4-8-12)14-11-19-15-10-6-5-9-13(14)15/h2-11,16,19H,1H3. The Morgan fingerprint density at radius 1 is 1.00 bits per heavy atom. The van der Waals surface area contributed by atoms with Crippen molar-refractivity contribution in [3.05, 3.63) is 71.9 Å². The van der Waals surface area contributed by atoms with Crippen LogP contribution in [0.25, 0.3) is 10.9 Å². The lowest BCUT2D eigenvalue weighted by atomic mass is 9.90. The van der Waals surface area contributed by atoms with E-state index in [2.05, 4.69) is 4.98 Å². The van der Waals surface area contributed by atoms with Crippen molar-refractivity contribution < 1.29 is 14.3 Å². The van der Waals surface area contributed by atoms with Gasteiger partial charge < -0.3 is 9.72 Å². The minimum absolute atomic E-state index is 0.266. The normalized spacial score (nSPS) is 12.0. The number of benzene rings is 2. The highest BCUT2D eigenvalue weighted by molar-refractivity contribution is 6.14. The fraction of sp³-hybridized carbons (Fsp3) is 0.111. The van der Waals surface area contributed by atoms with Crippen LogP contribution in [0.1, 0.15) is 21.8 Å². The summed E-state index contributed by atoms with van der Waals surface area (Å²) in [6.07, 6.45) is 1.70. The number of hydrogen-bond acceptors (Lipinski definition) is 3. The average Bonchev–Trinajstić information content (AvgIpc) is 2.99. The first-order valence-corrected chi connectivity index (χ1v) is 6.95. The van der Waals surface area contributed by atoms with Crippen molar-refractivity contribution in [3.8, 4) is 0 Å². The van der Waals surface area contributed by atoms with Gasteiger partial charge in [0, 0.05) is 22.7 Å². The molecule has 0 aliphatic rings. The molecule has 3 aromatic rings. The number of hydrogen-bond donors (Lipinski definition) is 1. The van der Waals surface area contributed by atoms with Crippen LogP contribution in [-0.4, -0.2) is 23.8 Å². The van der Waals surface area contributed by atoms with Crippen molar-refractivity contribution >= 4 is 22.7 Å². The number of nitrogens with one attached hydrogen (secondary N) is 1. The van der Waals surface area contributed by atoms with E-state index in [0.29, 0.717) is 11.1 Å². The van der Waals surface area contributed by atoms with Crippen LogP contribution >= 0.6 is 0 Å². The number of para-hydroxylation sites is 1. The van der Waals surface area contributed by atoms with Gasteiger partial charge in [0.1, 0.15) is 5.92 Å². The summed E-state index contributed by atoms with van der Waals surface area (Å²) in [7, 11) is 1.29. The number of aromatic amines is 1. The van der Waals surface area contributed by atoms with E-state index in [1.807, 2.05) is 30.3 Å². The molecule has 3 rings (SSSR count). The number of carbonyl (C=O) groups is 2. The summed E-state index contributed by atoms with van der Waals surface area (Å²) in [5, 5.41) is 0.849. The Balaban J connectivity index is 2.11. The van der Waals surface area contributed by atoms with Crippen LogP contribution in [0.5, 0.6) is 0 Å². The van der Waals surface area contributed by atoms with E-state index in [1.54, 1.807) is 30.5 Å². The quantitative estimate of drug-likeness (QED) is 0.456. The maximum atomic E-state index is 12.8. The molecule has 0 aliphatic heterocycles. The predicted octanol–water partition coefficient (Wildman–Crippen LogP) is 3.31. The molecule has 1 atom stereocenters. The van der Waals surface area contributed by atoms with Gasteiger partial charge in [-0.2, -0.15) is 0 Å². The second-order valence-corrected chi connectivity index (χ2v) is 4.98. The van der Waals surface area contributed by atoms with Gasteiger partial charge in [0.25, 0.3) is 0 Å². The number of fused-ring (bicyclic) bond motifs is 1. The zero-order chi connectivity index (χ0) is 15.5. The van der Waals surface area contributed by atoms with Gasteiger partial charge in [-0.25, -0.2) is 0 Å². The summed E-state index contributed by atoms with van der Waals surface area (Å²) in [6, 6.07) is 16.3. The number of H-pyrrole nitrogens is 1. The molecule has 0 aliphatic carbocycles. The molecular weight excluding hydrogens is 278 g/mol. The molecule has 0 radical (unpaired) electrons. The number of rotatable bonds is 4.